The zero-order chi connectivity index (χ0) is 25.3. The van der Waals surface area contributed by atoms with Crippen LogP contribution in [0.5, 0.6) is 0 Å². The van der Waals surface area contributed by atoms with Gasteiger partial charge in [0.2, 0.25) is 23.6 Å². The lowest BCUT2D eigenvalue weighted by Crippen LogP contribution is -2.10. The van der Waals surface area contributed by atoms with Gasteiger partial charge in [-0.15, -0.1) is 20.4 Å². The van der Waals surface area contributed by atoms with Gasteiger partial charge in [0, 0.05) is 22.3 Å². The standard InChI is InChI=1S/C28H24N4O4/c1-28(2,3)22-14-12-19(13-15-22)25-30-29-23(35-25)17-8-10-18(11-9-17)24-31-32-26(36-24)20-6-5-7-21(16-20)27(33)34-4/h5-16H,1-4H3. The molecule has 0 radical (unpaired) electrons. The minimum atomic E-state index is -0.432. The highest BCUT2D eigenvalue weighted by Gasteiger charge is 2.16. The molecule has 0 spiro atoms. The summed E-state index contributed by atoms with van der Waals surface area (Å²) in [5.41, 5.74) is 4.72. The van der Waals surface area contributed by atoms with E-state index in [4.69, 9.17) is 13.6 Å². The second-order valence-electron chi connectivity index (χ2n) is 9.30. The fraction of sp³-hybridized carbons (Fsp3) is 0.179. The summed E-state index contributed by atoms with van der Waals surface area (Å²) >= 11 is 0. The molecule has 36 heavy (non-hydrogen) atoms. The maximum Gasteiger partial charge on any atom is 0.337 e. The molecule has 180 valence electrons. The quantitative estimate of drug-likeness (QED) is 0.274. The molecule has 2 aromatic heterocycles. The number of esters is 1. The van der Waals surface area contributed by atoms with E-state index in [1.165, 1.54) is 12.7 Å². The summed E-state index contributed by atoms with van der Waals surface area (Å²) < 4.78 is 16.5. The molecule has 0 N–H and O–H groups in total. The van der Waals surface area contributed by atoms with Crippen molar-refractivity contribution in [2.45, 2.75) is 26.2 Å². The van der Waals surface area contributed by atoms with Crippen LogP contribution in [0.4, 0.5) is 0 Å². The number of ether oxygens (including phenoxy) is 1. The normalized spacial score (nSPS) is 11.4. The average Bonchev–Trinajstić information content (AvgIpc) is 3.59. The molecule has 0 saturated heterocycles. The van der Waals surface area contributed by atoms with Gasteiger partial charge < -0.3 is 13.6 Å². The summed E-state index contributed by atoms with van der Waals surface area (Å²) in [6.07, 6.45) is 0. The topological polar surface area (TPSA) is 104 Å². The molecule has 0 saturated carbocycles. The van der Waals surface area contributed by atoms with E-state index in [9.17, 15) is 4.79 Å². The Labute approximate surface area is 208 Å². The molecule has 2 heterocycles. The molecule has 3 aromatic carbocycles. The minimum absolute atomic E-state index is 0.0759. The van der Waals surface area contributed by atoms with Crippen LogP contribution >= 0.6 is 0 Å². The number of carbonyl (C=O) groups excluding carboxylic acids is 1. The monoisotopic (exact) mass is 480 g/mol. The zero-order valence-corrected chi connectivity index (χ0v) is 20.4. The van der Waals surface area contributed by atoms with Crippen molar-refractivity contribution in [3.63, 3.8) is 0 Å². The zero-order valence-electron chi connectivity index (χ0n) is 20.4. The van der Waals surface area contributed by atoms with Crippen molar-refractivity contribution in [1.29, 1.82) is 0 Å². The Bertz CT molecular complexity index is 1510. The van der Waals surface area contributed by atoms with Crippen LogP contribution < -0.4 is 0 Å². The Morgan fingerprint density at radius 3 is 1.56 bits per heavy atom. The molecule has 8 nitrogen and oxygen atoms in total. The highest BCUT2D eigenvalue weighted by Crippen LogP contribution is 2.29. The van der Waals surface area contributed by atoms with Gasteiger partial charge in [-0.2, -0.15) is 0 Å². The van der Waals surface area contributed by atoms with Crippen molar-refractivity contribution >= 4 is 5.97 Å². The predicted molar refractivity (Wildman–Crippen MR) is 134 cm³/mol. The van der Waals surface area contributed by atoms with Crippen molar-refractivity contribution < 1.29 is 18.4 Å². The molecule has 0 aliphatic carbocycles. The Kier molecular flexibility index (Phi) is 5.93. The fourth-order valence-corrected chi connectivity index (χ4v) is 3.68. The summed E-state index contributed by atoms with van der Waals surface area (Å²) in [5.74, 6) is 1.11. The van der Waals surface area contributed by atoms with E-state index in [1.807, 2.05) is 36.4 Å². The number of benzene rings is 3. The molecule has 0 atom stereocenters. The summed E-state index contributed by atoms with van der Waals surface area (Å²) in [4.78, 5) is 11.8. The van der Waals surface area contributed by atoms with Gasteiger partial charge in [0.1, 0.15) is 0 Å². The molecule has 5 aromatic rings. The fourth-order valence-electron chi connectivity index (χ4n) is 3.68. The molecule has 8 heteroatoms. The van der Waals surface area contributed by atoms with E-state index in [-0.39, 0.29) is 5.41 Å². The lowest BCUT2D eigenvalue weighted by atomic mass is 9.87. The third-order valence-corrected chi connectivity index (χ3v) is 5.76. The summed E-state index contributed by atoms with van der Waals surface area (Å²) in [6.45, 7) is 6.52. The van der Waals surface area contributed by atoms with Gasteiger partial charge in [0.25, 0.3) is 0 Å². The van der Waals surface area contributed by atoms with Gasteiger partial charge in [0.15, 0.2) is 0 Å². The minimum Gasteiger partial charge on any atom is -0.465 e. The molecule has 5 rings (SSSR count). The van der Waals surface area contributed by atoms with Crippen LogP contribution in [0, 0.1) is 0 Å². The van der Waals surface area contributed by atoms with Gasteiger partial charge in [-0.3, -0.25) is 0 Å². The first kappa shape index (κ1) is 23.2. The van der Waals surface area contributed by atoms with Crippen molar-refractivity contribution in [2.24, 2.45) is 0 Å². The number of methoxy groups -OCH3 is 1. The maximum absolute atomic E-state index is 11.8. The molecular formula is C28H24N4O4. The largest absolute Gasteiger partial charge is 0.465 e. The number of hydrogen-bond donors (Lipinski definition) is 0. The number of aromatic nitrogens is 4. The highest BCUT2D eigenvalue weighted by atomic mass is 16.5. The number of rotatable bonds is 5. The van der Waals surface area contributed by atoms with Gasteiger partial charge >= 0.3 is 5.97 Å². The van der Waals surface area contributed by atoms with Crippen LogP contribution in [-0.2, 0) is 10.2 Å². The SMILES string of the molecule is COC(=O)c1cccc(-c2nnc(-c3ccc(-c4nnc(-c5ccc(C(C)(C)C)cc5)o4)cc3)o2)c1. The number of carbonyl (C=O) groups is 1. The van der Waals surface area contributed by atoms with Crippen LogP contribution in [0.1, 0.15) is 36.7 Å². The van der Waals surface area contributed by atoms with Crippen LogP contribution in [0.25, 0.3) is 45.8 Å². The van der Waals surface area contributed by atoms with E-state index >= 15 is 0 Å². The smallest absolute Gasteiger partial charge is 0.337 e. The van der Waals surface area contributed by atoms with Gasteiger partial charge in [-0.05, 0) is 65.6 Å². The molecule has 0 aliphatic rings. The Morgan fingerprint density at radius 1 is 0.667 bits per heavy atom. The van der Waals surface area contributed by atoms with E-state index < -0.39 is 5.97 Å². The second-order valence-corrected chi connectivity index (χ2v) is 9.30. The average molecular weight is 481 g/mol. The van der Waals surface area contributed by atoms with Crippen LogP contribution in [0.2, 0.25) is 0 Å². The first-order valence-corrected chi connectivity index (χ1v) is 11.4. The first-order chi connectivity index (χ1) is 17.3. The Hall–Kier alpha value is -4.59. The van der Waals surface area contributed by atoms with Gasteiger partial charge in [-0.1, -0.05) is 39.0 Å². The Balaban J connectivity index is 1.34. The molecule has 0 unspecified atom stereocenters. The molecule has 0 amide bonds. The van der Waals surface area contributed by atoms with Crippen molar-refractivity contribution in [3.05, 3.63) is 83.9 Å². The third-order valence-electron chi connectivity index (χ3n) is 5.76. The van der Waals surface area contributed by atoms with E-state index in [2.05, 4.69) is 53.3 Å². The van der Waals surface area contributed by atoms with Crippen LogP contribution in [-0.4, -0.2) is 33.5 Å². The van der Waals surface area contributed by atoms with Crippen molar-refractivity contribution in [2.75, 3.05) is 7.11 Å². The predicted octanol–water partition coefficient (Wildman–Crippen LogP) is 6.20. The van der Waals surface area contributed by atoms with Crippen LogP contribution in [0.3, 0.4) is 0 Å². The molecule has 0 aliphatic heterocycles. The van der Waals surface area contributed by atoms with Gasteiger partial charge in [-0.25, -0.2) is 4.79 Å². The van der Waals surface area contributed by atoms with E-state index in [0.29, 0.717) is 34.7 Å². The maximum atomic E-state index is 11.8. The second kappa shape index (κ2) is 9.22. The van der Waals surface area contributed by atoms with Crippen molar-refractivity contribution in [3.8, 4) is 45.8 Å². The number of hydrogen-bond acceptors (Lipinski definition) is 8. The molecule has 0 fully saturated rings. The highest BCUT2D eigenvalue weighted by molar-refractivity contribution is 5.90. The third kappa shape index (κ3) is 4.65. The van der Waals surface area contributed by atoms with Crippen molar-refractivity contribution in [1.82, 2.24) is 20.4 Å². The summed E-state index contributed by atoms with van der Waals surface area (Å²) in [5, 5.41) is 16.7. The Morgan fingerprint density at radius 2 is 1.11 bits per heavy atom. The number of nitrogens with zero attached hydrogens (tertiary/aromatic N) is 4. The molecular weight excluding hydrogens is 456 g/mol. The van der Waals surface area contributed by atoms with Crippen LogP contribution in [0.15, 0.2) is 81.6 Å². The summed E-state index contributed by atoms with van der Waals surface area (Å²) in [7, 11) is 1.34. The lowest BCUT2D eigenvalue weighted by Gasteiger charge is -2.18. The lowest BCUT2D eigenvalue weighted by molar-refractivity contribution is 0.0601. The summed E-state index contributed by atoms with van der Waals surface area (Å²) in [6, 6.07) is 22.4. The van der Waals surface area contributed by atoms with E-state index in [1.54, 1.807) is 24.3 Å². The van der Waals surface area contributed by atoms with Gasteiger partial charge in [0.05, 0.1) is 12.7 Å². The first-order valence-electron chi connectivity index (χ1n) is 11.4. The molecule has 0 bridgehead atoms. The van der Waals surface area contributed by atoms with E-state index in [0.717, 1.165) is 16.7 Å².